The largest absolute Gasteiger partial charge is 0.493 e. The lowest BCUT2D eigenvalue weighted by atomic mass is 9.96. The highest BCUT2D eigenvalue weighted by Gasteiger charge is 2.19. The smallest absolute Gasteiger partial charge is 0.165 e. The number of nitrogens with one attached hydrogen (secondary N) is 1. The summed E-state index contributed by atoms with van der Waals surface area (Å²) >= 11 is 0. The van der Waals surface area contributed by atoms with Crippen LogP contribution >= 0.6 is 0 Å². The van der Waals surface area contributed by atoms with Gasteiger partial charge >= 0.3 is 0 Å². The quantitative estimate of drug-likeness (QED) is 0.877. The summed E-state index contributed by atoms with van der Waals surface area (Å²) in [7, 11) is 3.34. The molecule has 0 aromatic heterocycles. The summed E-state index contributed by atoms with van der Waals surface area (Å²) in [6, 6.07) is 14.6. The summed E-state index contributed by atoms with van der Waals surface area (Å²) in [6.45, 7) is 5.07. The molecule has 0 amide bonds. The van der Waals surface area contributed by atoms with Crippen molar-refractivity contribution in [2.24, 2.45) is 0 Å². The molecular formula is C18H23NO2. The van der Waals surface area contributed by atoms with Gasteiger partial charge in [-0.15, -0.1) is 0 Å². The summed E-state index contributed by atoms with van der Waals surface area (Å²) < 4.78 is 11.0. The van der Waals surface area contributed by atoms with Crippen LogP contribution in [0, 0.1) is 6.92 Å². The van der Waals surface area contributed by atoms with Gasteiger partial charge in [-0.1, -0.05) is 48.9 Å². The number of aryl methyl sites for hydroxylation is 1. The molecule has 0 saturated carbocycles. The van der Waals surface area contributed by atoms with E-state index in [-0.39, 0.29) is 6.04 Å². The predicted molar refractivity (Wildman–Crippen MR) is 86.2 cm³/mol. The van der Waals surface area contributed by atoms with Gasteiger partial charge in [0, 0.05) is 5.56 Å². The van der Waals surface area contributed by atoms with Gasteiger partial charge in [-0.05, 0) is 25.1 Å². The molecule has 0 spiro atoms. The summed E-state index contributed by atoms with van der Waals surface area (Å²) in [6.07, 6.45) is 0. The van der Waals surface area contributed by atoms with Crippen LogP contribution in [0.5, 0.6) is 11.5 Å². The molecule has 1 atom stereocenters. The van der Waals surface area contributed by atoms with Gasteiger partial charge in [-0.3, -0.25) is 0 Å². The van der Waals surface area contributed by atoms with E-state index in [1.807, 2.05) is 12.1 Å². The Morgan fingerprint density at radius 1 is 1.00 bits per heavy atom. The highest BCUT2D eigenvalue weighted by Crippen LogP contribution is 2.37. The molecule has 0 fully saturated rings. The zero-order chi connectivity index (χ0) is 15.2. The van der Waals surface area contributed by atoms with E-state index in [9.17, 15) is 0 Å². The van der Waals surface area contributed by atoms with E-state index in [2.05, 4.69) is 49.5 Å². The van der Waals surface area contributed by atoms with Crippen molar-refractivity contribution < 1.29 is 9.47 Å². The fourth-order valence-corrected chi connectivity index (χ4v) is 2.51. The van der Waals surface area contributed by atoms with Gasteiger partial charge < -0.3 is 14.8 Å². The third kappa shape index (κ3) is 3.37. The van der Waals surface area contributed by atoms with Crippen LogP contribution in [0.2, 0.25) is 0 Å². The maximum atomic E-state index is 5.57. The Kier molecular flexibility index (Phi) is 5.23. The number of ether oxygens (including phenoxy) is 2. The number of benzene rings is 2. The molecule has 0 radical (unpaired) electrons. The number of hydrogen-bond acceptors (Lipinski definition) is 3. The second kappa shape index (κ2) is 7.14. The molecule has 1 unspecified atom stereocenters. The Morgan fingerprint density at radius 3 is 2.29 bits per heavy atom. The topological polar surface area (TPSA) is 30.5 Å². The SMILES string of the molecule is CCNC(c1ccc(C)cc1)c1cccc(OC)c1OC. The van der Waals surface area contributed by atoms with Crippen molar-refractivity contribution in [3.63, 3.8) is 0 Å². The van der Waals surface area contributed by atoms with Crippen LogP contribution in [-0.4, -0.2) is 20.8 Å². The summed E-state index contributed by atoms with van der Waals surface area (Å²) in [5.41, 5.74) is 3.56. The first-order chi connectivity index (χ1) is 10.2. The van der Waals surface area contributed by atoms with Crippen molar-refractivity contribution in [1.29, 1.82) is 0 Å². The van der Waals surface area contributed by atoms with E-state index >= 15 is 0 Å². The molecule has 2 aromatic rings. The third-order valence-electron chi connectivity index (χ3n) is 3.56. The van der Waals surface area contributed by atoms with Gasteiger partial charge in [0.15, 0.2) is 11.5 Å². The molecule has 3 heteroatoms. The molecule has 0 heterocycles. The van der Waals surface area contributed by atoms with Crippen molar-refractivity contribution in [2.45, 2.75) is 19.9 Å². The first kappa shape index (κ1) is 15.4. The number of rotatable bonds is 6. The Hall–Kier alpha value is -2.00. The molecule has 0 aliphatic carbocycles. The van der Waals surface area contributed by atoms with Gasteiger partial charge in [-0.25, -0.2) is 0 Å². The Bertz CT molecular complexity index is 578. The second-order valence-corrected chi connectivity index (χ2v) is 4.98. The van der Waals surface area contributed by atoms with Crippen LogP contribution in [0.1, 0.15) is 29.7 Å². The molecule has 2 aromatic carbocycles. The van der Waals surface area contributed by atoms with Crippen LogP contribution in [0.15, 0.2) is 42.5 Å². The van der Waals surface area contributed by atoms with E-state index in [1.165, 1.54) is 11.1 Å². The molecule has 0 aliphatic heterocycles. The van der Waals surface area contributed by atoms with Gasteiger partial charge in [0.05, 0.1) is 20.3 Å². The van der Waals surface area contributed by atoms with Gasteiger partial charge in [0.25, 0.3) is 0 Å². The van der Waals surface area contributed by atoms with Crippen LogP contribution in [0.3, 0.4) is 0 Å². The van der Waals surface area contributed by atoms with Gasteiger partial charge in [0.1, 0.15) is 0 Å². The lowest BCUT2D eigenvalue weighted by Gasteiger charge is -2.22. The third-order valence-corrected chi connectivity index (χ3v) is 3.56. The monoisotopic (exact) mass is 285 g/mol. The van der Waals surface area contributed by atoms with Crippen LogP contribution in [0.25, 0.3) is 0 Å². The zero-order valence-electron chi connectivity index (χ0n) is 13.1. The average Bonchev–Trinajstić information content (AvgIpc) is 2.52. The minimum absolute atomic E-state index is 0.0839. The maximum Gasteiger partial charge on any atom is 0.165 e. The summed E-state index contributed by atoms with van der Waals surface area (Å²) in [4.78, 5) is 0. The Balaban J connectivity index is 2.49. The van der Waals surface area contributed by atoms with E-state index in [1.54, 1.807) is 14.2 Å². The lowest BCUT2D eigenvalue weighted by Crippen LogP contribution is -2.22. The Morgan fingerprint density at radius 2 is 1.71 bits per heavy atom. The summed E-state index contributed by atoms with van der Waals surface area (Å²) in [5.74, 6) is 1.54. The van der Waals surface area contributed by atoms with E-state index < -0.39 is 0 Å². The lowest BCUT2D eigenvalue weighted by molar-refractivity contribution is 0.349. The second-order valence-electron chi connectivity index (χ2n) is 4.98. The highest BCUT2D eigenvalue weighted by atomic mass is 16.5. The summed E-state index contributed by atoms with van der Waals surface area (Å²) in [5, 5.41) is 3.53. The minimum atomic E-state index is 0.0839. The molecule has 21 heavy (non-hydrogen) atoms. The first-order valence-electron chi connectivity index (χ1n) is 7.22. The molecule has 0 bridgehead atoms. The van der Waals surface area contributed by atoms with Crippen molar-refractivity contribution in [2.75, 3.05) is 20.8 Å². The predicted octanol–water partition coefficient (Wildman–Crippen LogP) is 3.71. The van der Waals surface area contributed by atoms with Crippen LogP contribution in [-0.2, 0) is 0 Å². The minimum Gasteiger partial charge on any atom is -0.493 e. The van der Waals surface area contributed by atoms with Crippen molar-refractivity contribution in [3.05, 3.63) is 59.2 Å². The standard InChI is InChI=1S/C18H23NO2/c1-5-19-17(14-11-9-13(2)10-12-14)15-7-6-8-16(20-3)18(15)21-4/h6-12,17,19H,5H2,1-4H3. The van der Waals surface area contributed by atoms with Crippen molar-refractivity contribution >= 4 is 0 Å². The van der Waals surface area contributed by atoms with Crippen LogP contribution in [0.4, 0.5) is 0 Å². The van der Waals surface area contributed by atoms with Gasteiger partial charge in [0.2, 0.25) is 0 Å². The number of methoxy groups -OCH3 is 2. The normalized spacial score (nSPS) is 12.0. The average molecular weight is 285 g/mol. The highest BCUT2D eigenvalue weighted by molar-refractivity contribution is 5.50. The number of para-hydroxylation sites is 1. The molecule has 2 rings (SSSR count). The van der Waals surface area contributed by atoms with Crippen LogP contribution < -0.4 is 14.8 Å². The van der Waals surface area contributed by atoms with E-state index in [0.717, 1.165) is 23.6 Å². The van der Waals surface area contributed by atoms with E-state index in [4.69, 9.17) is 9.47 Å². The van der Waals surface area contributed by atoms with Crippen molar-refractivity contribution in [3.8, 4) is 11.5 Å². The fraction of sp³-hybridized carbons (Fsp3) is 0.333. The molecular weight excluding hydrogens is 262 g/mol. The molecule has 0 aliphatic rings. The fourth-order valence-electron chi connectivity index (χ4n) is 2.51. The molecule has 0 saturated heterocycles. The Labute approximate surface area is 126 Å². The first-order valence-corrected chi connectivity index (χ1v) is 7.22. The molecule has 3 nitrogen and oxygen atoms in total. The maximum absolute atomic E-state index is 5.57. The van der Waals surface area contributed by atoms with Gasteiger partial charge in [-0.2, -0.15) is 0 Å². The zero-order valence-corrected chi connectivity index (χ0v) is 13.1. The van der Waals surface area contributed by atoms with Crippen molar-refractivity contribution in [1.82, 2.24) is 5.32 Å². The van der Waals surface area contributed by atoms with E-state index in [0.29, 0.717) is 0 Å². The molecule has 1 N–H and O–H groups in total. The molecule has 112 valence electrons. The number of hydrogen-bond donors (Lipinski definition) is 1.